The minimum atomic E-state index is -0.564. The van der Waals surface area contributed by atoms with Crippen LogP contribution >= 0.6 is 0 Å². The quantitative estimate of drug-likeness (QED) is 0.672. The van der Waals surface area contributed by atoms with Crippen molar-refractivity contribution in [1.82, 2.24) is 5.32 Å². The highest BCUT2D eigenvalue weighted by Crippen LogP contribution is 2.26. The molecule has 1 aliphatic rings. The number of hydrogen-bond donors (Lipinski definition) is 3. The molecule has 0 bridgehead atoms. The maximum atomic E-state index is 11.9. The molecule has 2 atom stereocenters. The molecule has 110 valence electrons. The Labute approximate surface area is 115 Å². The first-order valence-electron chi connectivity index (χ1n) is 7.13. The average molecular weight is 269 g/mol. The van der Waals surface area contributed by atoms with Crippen LogP contribution in [0.5, 0.6) is 0 Å². The minimum Gasteiger partial charge on any atom is -0.370 e. The van der Waals surface area contributed by atoms with Gasteiger partial charge in [0.25, 0.3) is 0 Å². The van der Waals surface area contributed by atoms with E-state index >= 15 is 0 Å². The largest absolute Gasteiger partial charge is 0.370 e. The topological polar surface area (TPSA) is 98.2 Å². The second-order valence-corrected chi connectivity index (χ2v) is 6.41. The molecule has 5 heteroatoms. The molecule has 5 N–H and O–H groups in total. The van der Waals surface area contributed by atoms with Crippen LogP contribution in [-0.2, 0) is 9.59 Å². The second kappa shape index (κ2) is 6.89. The van der Waals surface area contributed by atoms with Crippen LogP contribution in [0.25, 0.3) is 0 Å². The SMILES string of the molecule is CC(C)(CC(N)=O)NC(=O)CCC1CCCC(N)C1. The number of primary amides is 1. The van der Waals surface area contributed by atoms with Crippen molar-refractivity contribution in [2.75, 3.05) is 0 Å². The molecule has 5 nitrogen and oxygen atoms in total. The van der Waals surface area contributed by atoms with Crippen molar-refractivity contribution in [2.45, 2.75) is 70.4 Å². The van der Waals surface area contributed by atoms with Crippen LogP contribution in [0, 0.1) is 5.92 Å². The summed E-state index contributed by atoms with van der Waals surface area (Å²) in [5, 5.41) is 2.87. The van der Waals surface area contributed by atoms with Gasteiger partial charge in [-0.25, -0.2) is 0 Å². The fraction of sp³-hybridized carbons (Fsp3) is 0.857. The first-order valence-corrected chi connectivity index (χ1v) is 7.13. The lowest BCUT2D eigenvalue weighted by molar-refractivity contribution is -0.124. The van der Waals surface area contributed by atoms with Crippen LogP contribution in [0.3, 0.4) is 0 Å². The Balaban J connectivity index is 2.29. The monoisotopic (exact) mass is 269 g/mol. The molecule has 0 aliphatic heterocycles. The van der Waals surface area contributed by atoms with E-state index in [-0.39, 0.29) is 12.3 Å². The number of nitrogens with one attached hydrogen (secondary N) is 1. The highest BCUT2D eigenvalue weighted by atomic mass is 16.2. The van der Waals surface area contributed by atoms with Gasteiger partial charge < -0.3 is 16.8 Å². The third-order valence-electron chi connectivity index (χ3n) is 3.70. The standard InChI is InChI=1S/C14H27N3O2/c1-14(2,9-12(16)18)17-13(19)7-6-10-4-3-5-11(15)8-10/h10-11H,3-9,15H2,1-2H3,(H2,16,18)(H,17,19). The first-order chi connectivity index (χ1) is 8.78. The van der Waals surface area contributed by atoms with Crippen molar-refractivity contribution in [3.8, 4) is 0 Å². The van der Waals surface area contributed by atoms with E-state index in [1.807, 2.05) is 13.8 Å². The number of hydrogen-bond acceptors (Lipinski definition) is 3. The summed E-state index contributed by atoms with van der Waals surface area (Å²) in [6.07, 6.45) is 6.01. The second-order valence-electron chi connectivity index (χ2n) is 6.41. The van der Waals surface area contributed by atoms with E-state index in [1.165, 1.54) is 12.8 Å². The zero-order valence-electron chi connectivity index (χ0n) is 12.1. The Morgan fingerprint density at radius 2 is 2.00 bits per heavy atom. The van der Waals surface area contributed by atoms with Crippen molar-refractivity contribution < 1.29 is 9.59 Å². The summed E-state index contributed by atoms with van der Waals surface area (Å²) in [6.45, 7) is 3.62. The summed E-state index contributed by atoms with van der Waals surface area (Å²) in [7, 11) is 0. The zero-order valence-corrected chi connectivity index (χ0v) is 12.1. The third kappa shape index (κ3) is 6.57. The minimum absolute atomic E-state index is 0.00889. The number of nitrogens with two attached hydrogens (primary N) is 2. The Kier molecular flexibility index (Phi) is 5.79. The van der Waals surface area contributed by atoms with Gasteiger partial charge in [0.15, 0.2) is 0 Å². The molecule has 0 aromatic heterocycles. The van der Waals surface area contributed by atoms with E-state index in [0.717, 1.165) is 19.3 Å². The molecule has 0 spiro atoms. The van der Waals surface area contributed by atoms with Gasteiger partial charge in [-0.3, -0.25) is 9.59 Å². The number of rotatable bonds is 6. The first kappa shape index (κ1) is 16.0. The molecule has 0 aromatic carbocycles. The van der Waals surface area contributed by atoms with E-state index in [9.17, 15) is 9.59 Å². The molecule has 1 fully saturated rings. The third-order valence-corrected chi connectivity index (χ3v) is 3.70. The van der Waals surface area contributed by atoms with Crippen LogP contribution < -0.4 is 16.8 Å². The van der Waals surface area contributed by atoms with Crippen LogP contribution in [0.1, 0.15) is 58.8 Å². The van der Waals surface area contributed by atoms with E-state index in [2.05, 4.69) is 5.32 Å². The van der Waals surface area contributed by atoms with E-state index in [4.69, 9.17) is 11.5 Å². The number of carbonyl (C=O) groups is 2. The van der Waals surface area contributed by atoms with Gasteiger partial charge in [0, 0.05) is 24.4 Å². The van der Waals surface area contributed by atoms with Crippen molar-refractivity contribution in [3.63, 3.8) is 0 Å². The van der Waals surface area contributed by atoms with Gasteiger partial charge in [0.05, 0.1) is 0 Å². The lowest BCUT2D eigenvalue weighted by Crippen LogP contribution is -2.46. The molecule has 0 heterocycles. The molecule has 0 radical (unpaired) electrons. The number of amides is 2. The molecular weight excluding hydrogens is 242 g/mol. The van der Waals surface area contributed by atoms with Gasteiger partial charge in [-0.15, -0.1) is 0 Å². The molecule has 1 aliphatic carbocycles. The fourth-order valence-electron chi connectivity index (χ4n) is 2.85. The smallest absolute Gasteiger partial charge is 0.220 e. The molecule has 19 heavy (non-hydrogen) atoms. The van der Waals surface area contributed by atoms with Crippen LogP contribution in [0.2, 0.25) is 0 Å². The Morgan fingerprint density at radius 1 is 1.32 bits per heavy atom. The van der Waals surface area contributed by atoms with E-state index in [1.54, 1.807) is 0 Å². The van der Waals surface area contributed by atoms with Gasteiger partial charge in [-0.1, -0.05) is 12.8 Å². The van der Waals surface area contributed by atoms with Gasteiger partial charge in [-0.2, -0.15) is 0 Å². The molecule has 1 saturated carbocycles. The molecule has 0 aromatic rings. The van der Waals surface area contributed by atoms with Crippen LogP contribution in [0.4, 0.5) is 0 Å². The summed E-state index contributed by atoms with van der Waals surface area (Å²) in [5.74, 6) is 0.155. The van der Waals surface area contributed by atoms with E-state index < -0.39 is 11.4 Å². The fourth-order valence-corrected chi connectivity index (χ4v) is 2.85. The molecule has 2 unspecified atom stereocenters. The van der Waals surface area contributed by atoms with Crippen molar-refractivity contribution in [3.05, 3.63) is 0 Å². The zero-order chi connectivity index (χ0) is 14.5. The van der Waals surface area contributed by atoms with Crippen molar-refractivity contribution in [2.24, 2.45) is 17.4 Å². The van der Waals surface area contributed by atoms with Crippen LogP contribution in [-0.4, -0.2) is 23.4 Å². The summed E-state index contributed by atoms with van der Waals surface area (Å²) in [4.78, 5) is 22.8. The van der Waals surface area contributed by atoms with Gasteiger partial charge >= 0.3 is 0 Å². The molecule has 2 amide bonds. The lowest BCUT2D eigenvalue weighted by atomic mass is 9.83. The number of carbonyl (C=O) groups excluding carboxylic acids is 2. The van der Waals surface area contributed by atoms with Crippen molar-refractivity contribution >= 4 is 11.8 Å². The maximum Gasteiger partial charge on any atom is 0.220 e. The molecule has 1 rings (SSSR count). The summed E-state index contributed by atoms with van der Waals surface area (Å²) >= 11 is 0. The summed E-state index contributed by atoms with van der Waals surface area (Å²) in [6, 6.07) is 0.299. The van der Waals surface area contributed by atoms with E-state index in [0.29, 0.717) is 18.4 Å². The highest BCUT2D eigenvalue weighted by Gasteiger charge is 2.24. The lowest BCUT2D eigenvalue weighted by Gasteiger charge is -2.28. The van der Waals surface area contributed by atoms with Crippen LogP contribution in [0.15, 0.2) is 0 Å². The van der Waals surface area contributed by atoms with Gasteiger partial charge in [0.1, 0.15) is 0 Å². The summed E-state index contributed by atoms with van der Waals surface area (Å²) < 4.78 is 0. The van der Waals surface area contributed by atoms with Crippen molar-refractivity contribution in [1.29, 1.82) is 0 Å². The summed E-state index contributed by atoms with van der Waals surface area (Å²) in [5.41, 5.74) is 10.5. The molecule has 0 saturated heterocycles. The Bertz CT molecular complexity index is 329. The average Bonchev–Trinajstić information content (AvgIpc) is 2.24. The predicted molar refractivity (Wildman–Crippen MR) is 75.2 cm³/mol. The molecular formula is C14H27N3O2. The Hall–Kier alpha value is -1.10. The maximum absolute atomic E-state index is 11.9. The Morgan fingerprint density at radius 3 is 2.58 bits per heavy atom. The predicted octanol–water partition coefficient (Wildman–Crippen LogP) is 1.05. The van der Waals surface area contributed by atoms with Gasteiger partial charge in [-0.05, 0) is 39.0 Å². The normalized spacial score (nSPS) is 23.9. The van der Waals surface area contributed by atoms with Gasteiger partial charge in [0.2, 0.25) is 11.8 Å². The highest BCUT2D eigenvalue weighted by molar-refractivity contribution is 5.79.